The SMILES string of the molecule is C[C@H](OC(=O)[C@@H](C)N1C(=O)c2cc(Cl)c(Cl)cc2C1=O)C(=O)N1CCNC1=O. The summed E-state index contributed by atoms with van der Waals surface area (Å²) in [6.07, 6.45) is -1.27. The maximum atomic E-state index is 12.6. The van der Waals surface area contributed by atoms with E-state index in [1.165, 1.54) is 26.0 Å². The molecule has 1 N–H and O–H groups in total. The van der Waals surface area contributed by atoms with Crippen molar-refractivity contribution >= 4 is 52.9 Å². The summed E-state index contributed by atoms with van der Waals surface area (Å²) < 4.78 is 5.08. The minimum atomic E-state index is -1.30. The van der Waals surface area contributed by atoms with Crippen LogP contribution < -0.4 is 5.32 Å². The van der Waals surface area contributed by atoms with Gasteiger partial charge in [0.2, 0.25) is 0 Å². The van der Waals surface area contributed by atoms with E-state index in [1.54, 1.807) is 0 Å². The number of imide groups is 2. The monoisotopic (exact) mass is 427 g/mol. The van der Waals surface area contributed by atoms with E-state index in [0.29, 0.717) is 6.54 Å². The standard InChI is InChI=1S/C17H15Cl2N3O6/c1-7(16(26)28-8(2)13(23)21-4-3-20-17(21)27)22-14(24)9-5-11(18)12(19)6-10(9)15(22)25/h5-8H,3-4H2,1-2H3,(H,20,27)/t7-,8+/m1/s1. The number of benzene rings is 1. The zero-order chi connectivity index (χ0) is 20.7. The Kier molecular flexibility index (Phi) is 5.31. The number of nitrogens with one attached hydrogen (secondary N) is 1. The molecule has 1 aromatic carbocycles. The Morgan fingerprint density at radius 1 is 1.07 bits per heavy atom. The van der Waals surface area contributed by atoms with Crippen molar-refractivity contribution in [3.05, 3.63) is 33.3 Å². The van der Waals surface area contributed by atoms with Gasteiger partial charge in [0.1, 0.15) is 6.04 Å². The highest BCUT2D eigenvalue weighted by atomic mass is 35.5. The number of esters is 1. The third-order valence-corrected chi connectivity index (χ3v) is 5.17. The third-order valence-electron chi connectivity index (χ3n) is 4.45. The maximum Gasteiger partial charge on any atom is 0.329 e. The number of ether oxygens (including phenoxy) is 1. The molecule has 1 fully saturated rings. The van der Waals surface area contributed by atoms with Gasteiger partial charge in [0.25, 0.3) is 17.7 Å². The summed E-state index contributed by atoms with van der Waals surface area (Å²) in [5, 5.41) is 2.66. The summed E-state index contributed by atoms with van der Waals surface area (Å²) in [5.74, 6) is -3.11. The van der Waals surface area contributed by atoms with Gasteiger partial charge in [0, 0.05) is 13.1 Å². The molecule has 0 unspecified atom stereocenters. The van der Waals surface area contributed by atoms with Gasteiger partial charge in [-0.05, 0) is 26.0 Å². The predicted molar refractivity (Wildman–Crippen MR) is 97.1 cm³/mol. The molecule has 2 heterocycles. The van der Waals surface area contributed by atoms with Crippen LogP contribution in [0.5, 0.6) is 0 Å². The summed E-state index contributed by atoms with van der Waals surface area (Å²) in [4.78, 5) is 63.0. The minimum Gasteiger partial charge on any atom is -0.451 e. The number of amides is 5. The fourth-order valence-electron chi connectivity index (χ4n) is 2.93. The highest BCUT2D eigenvalue weighted by molar-refractivity contribution is 6.43. The van der Waals surface area contributed by atoms with Crippen LogP contribution in [-0.2, 0) is 14.3 Å². The second-order valence-corrected chi connectivity index (χ2v) is 7.08. The number of halogens is 2. The summed E-state index contributed by atoms with van der Waals surface area (Å²) in [6.45, 7) is 3.07. The lowest BCUT2D eigenvalue weighted by Gasteiger charge is -2.24. The summed E-state index contributed by atoms with van der Waals surface area (Å²) in [5.41, 5.74) is 0.0498. The Bertz CT molecular complexity index is 877. The number of hydrogen-bond acceptors (Lipinski definition) is 6. The number of fused-ring (bicyclic) bond motifs is 1. The Morgan fingerprint density at radius 3 is 2.07 bits per heavy atom. The van der Waals surface area contributed by atoms with Crippen molar-refractivity contribution in [3.8, 4) is 0 Å². The highest BCUT2D eigenvalue weighted by Gasteiger charge is 2.43. The Labute approximate surface area is 169 Å². The number of rotatable bonds is 4. The quantitative estimate of drug-likeness (QED) is 0.574. The second-order valence-electron chi connectivity index (χ2n) is 6.27. The van der Waals surface area contributed by atoms with Crippen LogP contribution >= 0.6 is 23.2 Å². The topological polar surface area (TPSA) is 113 Å². The average Bonchev–Trinajstić information content (AvgIpc) is 3.16. The molecular formula is C17H15Cl2N3O6. The van der Waals surface area contributed by atoms with Gasteiger partial charge in [-0.25, -0.2) is 9.59 Å². The molecule has 5 amide bonds. The molecule has 0 saturated carbocycles. The molecule has 148 valence electrons. The molecule has 28 heavy (non-hydrogen) atoms. The smallest absolute Gasteiger partial charge is 0.329 e. The molecule has 0 bridgehead atoms. The lowest BCUT2D eigenvalue weighted by atomic mass is 10.1. The fraction of sp³-hybridized carbons (Fsp3) is 0.353. The summed E-state index contributed by atoms with van der Waals surface area (Å²) >= 11 is 11.8. The molecule has 1 aromatic rings. The van der Waals surface area contributed by atoms with Crippen molar-refractivity contribution in [1.82, 2.24) is 15.1 Å². The molecule has 2 atom stereocenters. The van der Waals surface area contributed by atoms with Crippen molar-refractivity contribution in [3.63, 3.8) is 0 Å². The van der Waals surface area contributed by atoms with Crippen LogP contribution in [0.15, 0.2) is 12.1 Å². The number of carbonyl (C=O) groups is 5. The van der Waals surface area contributed by atoms with Crippen LogP contribution in [-0.4, -0.2) is 64.8 Å². The molecule has 11 heteroatoms. The van der Waals surface area contributed by atoms with Crippen molar-refractivity contribution < 1.29 is 28.7 Å². The second kappa shape index (κ2) is 7.40. The first kappa shape index (κ1) is 20.1. The van der Waals surface area contributed by atoms with Crippen molar-refractivity contribution in [2.24, 2.45) is 0 Å². The lowest BCUT2D eigenvalue weighted by Crippen LogP contribution is -2.47. The van der Waals surface area contributed by atoms with E-state index in [2.05, 4.69) is 5.32 Å². The predicted octanol–water partition coefficient (Wildman–Crippen LogP) is 1.46. The highest BCUT2D eigenvalue weighted by Crippen LogP contribution is 2.32. The van der Waals surface area contributed by atoms with Crippen LogP contribution in [0, 0.1) is 0 Å². The molecular weight excluding hydrogens is 413 g/mol. The summed E-state index contributed by atoms with van der Waals surface area (Å²) in [7, 11) is 0. The van der Waals surface area contributed by atoms with E-state index in [4.69, 9.17) is 27.9 Å². The van der Waals surface area contributed by atoms with E-state index in [0.717, 1.165) is 9.80 Å². The molecule has 0 aliphatic carbocycles. The number of urea groups is 1. The first-order chi connectivity index (χ1) is 13.1. The van der Waals surface area contributed by atoms with Crippen LogP contribution in [0.2, 0.25) is 10.0 Å². The van der Waals surface area contributed by atoms with E-state index in [1.807, 2.05) is 0 Å². The van der Waals surface area contributed by atoms with Gasteiger partial charge in [0.05, 0.1) is 21.2 Å². The lowest BCUT2D eigenvalue weighted by molar-refractivity contribution is -0.160. The molecule has 0 radical (unpaired) electrons. The zero-order valence-corrected chi connectivity index (χ0v) is 16.3. The van der Waals surface area contributed by atoms with Crippen molar-refractivity contribution in [1.29, 1.82) is 0 Å². The molecule has 0 spiro atoms. The van der Waals surface area contributed by atoms with E-state index in [9.17, 15) is 24.0 Å². The van der Waals surface area contributed by atoms with E-state index < -0.39 is 41.9 Å². The summed E-state index contributed by atoms with van der Waals surface area (Å²) in [6, 6.07) is 0.647. The van der Waals surface area contributed by atoms with Gasteiger partial charge < -0.3 is 10.1 Å². The minimum absolute atomic E-state index is 0.0249. The molecule has 2 aliphatic rings. The third kappa shape index (κ3) is 3.31. The molecule has 1 saturated heterocycles. The van der Waals surface area contributed by atoms with Crippen LogP contribution in [0.1, 0.15) is 34.6 Å². The molecule has 0 aromatic heterocycles. The maximum absolute atomic E-state index is 12.6. The molecule has 9 nitrogen and oxygen atoms in total. The van der Waals surface area contributed by atoms with Gasteiger partial charge >= 0.3 is 12.0 Å². The normalized spacial score (nSPS) is 18.1. The van der Waals surface area contributed by atoms with Gasteiger partial charge in [-0.2, -0.15) is 0 Å². The molecule has 2 aliphatic heterocycles. The number of hydrogen-bond donors (Lipinski definition) is 1. The van der Waals surface area contributed by atoms with Gasteiger partial charge in [0.15, 0.2) is 6.10 Å². The largest absolute Gasteiger partial charge is 0.451 e. The zero-order valence-electron chi connectivity index (χ0n) is 14.8. The van der Waals surface area contributed by atoms with Gasteiger partial charge in [-0.3, -0.25) is 24.2 Å². The van der Waals surface area contributed by atoms with Crippen LogP contribution in [0.4, 0.5) is 4.79 Å². The Morgan fingerprint density at radius 2 is 1.61 bits per heavy atom. The van der Waals surface area contributed by atoms with Gasteiger partial charge in [-0.1, -0.05) is 23.2 Å². The van der Waals surface area contributed by atoms with Gasteiger partial charge in [-0.15, -0.1) is 0 Å². The van der Waals surface area contributed by atoms with E-state index >= 15 is 0 Å². The van der Waals surface area contributed by atoms with Crippen molar-refractivity contribution in [2.75, 3.05) is 13.1 Å². The molecule has 3 rings (SSSR count). The Balaban J connectivity index is 1.73. The first-order valence-corrected chi connectivity index (χ1v) is 9.05. The van der Waals surface area contributed by atoms with Crippen LogP contribution in [0.25, 0.3) is 0 Å². The Hall–Kier alpha value is -2.65. The first-order valence-electron chi connectivity index (χ1n) is 8.30. The van der Waals surface area contributed by atoms with Crippen LogP contribution in [0.3, 0.4) is 0 Å². The van der Waals surface area contributed by atoms with E-state index in [-0.39, 0.29) is 27.7 Å². The van der Waals surface area contributed by atoms with Crippen molar-refractivity contribution in [2.45, 2.75) is 26.0 Å². The number of carbonyl (C=O) groups excluding carboxylic acids is 5. The number of nitrogens with zero attached hydrogens (tertiary/aromatic N) is 2. The fourth-order valence-corrected chi connectivity index (χ4v) is 3.26. The average molecular weight is 428 g/mol.